The zero-order valence-electron chi connectivity index (χ0n) is 34.8. The van der Waals surface area contributed by atoms with E-state index in [-0.39, 0.29) is 5.41 Å². The Labute approximate surface area is 355 Å². The molecule has 0 bridgehead atoms. The van der Waals surface area contributed by atoms with Crippen LogP contribution < -0.4 is 19.7 Å². The Balaban J connectivity index is 1.05. The molecule has 7 heteroatoms. The van der Waals surface area contributed by atoms with Crippen LogP contribution in [0.25, 0.3) is 77.5 Å². The van der Waals surface area contributed by atoms with Gasteiger partial charge in [0.25, 0.3) is 6.33 Å². The summed E-state index contributed by atoms with van der Waals surface area (Å²) in [6.07, 6.45) is 5.68. The summed E-state index contributed by atoms with van der Waals surface area (Å²) in [6.45, 7) is 11.7. The quantitative estimate of drug-likeness (QED) is 0.0987. The highest BCUT2D eigenvalue weighted by atomic mass is 28.3. The SMILES string of the molecule is CC(C)(C)c1ccnc(-n2c3cc(Oc4ccc5c(c4)-n4[c-][n+](-c6ccccc6)c6cccc(c64)[Si]5(C)C)ccc3c3c(-n4c5ccccc5c5ccccc54)cccc32)c1. The molecular formula is C54H43N5OSi. The average Bonchev–Trinajstić information content (AvgIpc) is 3.94. The number of nitrogens with zero attached hydrogens (tertiary/aromatic N) is 5. The van der Waals surface area contributed by atoms with Crippen molar-refractivity contribution in [2.75, 3.05) is 0 Å². The fraction of sp³-hybridized carbons (Fsp3) is 0.111. The lowest BCUT2D eigenvalue weighted by atomic mass is 9.88. The van der Waals surface area contributed by atoms with Gasteiger partial charge in [-0.3, -0.25) is 13.7 Å². The molecule has 4 aromatic heterocycles. The summed E-state index contributed by atoms with van der Waals surface area (Å²) in [4.78, 5) is 5.04. The zero-order chi connectivity index (χ0) is 41.2. The molecule has 294 valence electrons. The van der Waals surface area contributed by atoms with E-state index in [2.05, 4.69) is 222 Å². The van der Waals surface area contributed by atoms with E-state index in [4.69, 9.17) is 9.72 Å². The molecule has 0 atom stereocenters. The fourth-order valence-electron chi connectivity index (χ4n) is 9.89. The third kappa shape index (κ3) is 5.26. The number of pyridine rings is 1. The van der Waals surface area contributed by atoms with E-state index in [1.807, 2.05) is 6.20 Å². The highest BCUT2D eigenvalue weighted by Crippen LogP contribution is 2.41. The largest absolute Gasteiger partial charge is 0.458 e. The number of hydrogen-bond acceptors (Lipinski definition) is 2. The van der Waals surface area contributed by atoms with Gasteiger partial charge in [0.15, 0.2) is 0 Å². The van der Waals surface area contributed by atoms with Gasteiger partial charge in [0.05, 0.1) is 50.2 Å². The molecule has 7 aromatic carbocycles. The van der Waals surface area contributed by atoms with Crippen LogP contribution in [0.5, 0.6) is 11.5 Å². The Hall–Kier alpha value is -7.22. The molecule has 1 aliphatic rings. The minimum atomic E-state index is -2.07. The molecule has 0 spiro atoms. The molecule has 0 radical (unpaired) electrons. The lowest BCUT2D eigenvalue weighted by Gasteiger charge is -2.32. The standard InChI is InChI=1S/C54H43N5OSi/c1-54(2,3)35-29-30-55-51(31-35)59-45-22-13-21-44(58-42-19-11-9-17-39(42)40-18-10-12-20-43(40)58)52(45)41-27-25-37(32-47(41)59)60-38-26-28-49-48(33-38)57-34-56(36-15-7-6-8-16-36)46-23-14-24-50(53(46)57)61(49,4)5/h6-33H,1-5H3. The van der Waals surface area contributed by atoms with E-state index in [9.17, 15) is 0 Å². The molecule has 0 N–H and O–H groups in total. The second kappa shape index (κ2) is 12.9. The summed E-state index contributed by atoms with van der Waals surface area (Å²) in [5.41, 5.74) is 11.4. The topological polar surface area (TPSA) is 40.8 Å². The predicted molar refractivity (Wildman–Crippen MR) is 252 cm³/mol. The van der Waals surface area contributed by atoms with Gasteiger partial charge in [0.2, 0.25) is 0 Å². The molecule has 0 fully saturated rings. The molecule has 11 aromatic rings. The Morgan fingerprint density at radius 1 is 0.574 bits per heavy atom. The lowest BCUT2D eigenvalue weighted by molar-refractivity contribution is -0.572. The van der Waals surface area contributed by atoms with Crippen molar-refractivity contribution in [1.29, 1.82) is 0 Å². The number of fused-ring (bicyclic) bond motifs is 8. The molecule has 1 aliphatic heterocycles. The second-order valence-electron chi connectivity index (χ2n) is 17.9. The van der Waals surface area contributed by atoms with E-state index >= 15 is 0 Å². The van der Waals surface area contributed by atoms with Crippen molar-refractivity contribution in [3.05, 3.63) is 182 Å². The summed E-state index contributed by atoms with van der Waals surface area (Å²) in [6, 6.07) is 58.8. The lowest BCUT2D eigenvalue weighted by Crippen LogP contribution is -2.57. The maximum absolute atomic E-state index is 6.92. The predicted octanol–water partition coefficient (Wildman–Crippen LogP) is 11.5. The number of aromatic nitrogens is 5. The van der Waals surface area contributed by atoms with E-state index in [0.29, 0.717) is 0 Å². The molecule has 0 aliphatic carbocycles. The Morgan fingerprint density at radius 2 is 1.26 bits per heavy atom. The molecular weight excluding hydrogens is 763 g/mol. The molecule has 61 heavy (non-hydrogen) atoms. The monoisotopic (exact) mass is 805 g/mol. The summed E-state index contributed by atoms with van der Waals surface area (Å²) >= 11 is 0. The average molecular weight is 806 g/mol. The van der Waals surface area contributed by atoms with Gasteiger partial charge in [0.1, 0.15) is 25.4 Å². The number of imidazole rings is 1. The van der Waals surface area contributed by atoms with Crippen molar-refractivity contribution in [1.82, 2.24) is 18.7 Å². The van der Waals surface area contributed by atoms with E-state index in [1.54, 1.807) is 0 Å². The first-order valence-corrected chi connectivity index (χ1v) is 24.1. The summed E-state index contributed by atoms with van der Waals surface area (Å²) in [5.74, 6) is 2.42. The molecule has 0 unspecified atom stereocenters. The molecule has 6 nitrogen and oxygen atoms in total. The maximum atomic E-state index is 6.92. The van der Waals surface area contributed by atoms with Gasteiger partial charge in [0, 0.05) is 33.8 Å². The molecule has 0 saturated carbocycles. The van der Waals surface area contributed by atoms with Gasteiger partial charge < -0.3 is 9.30 Å². The van der Waals surface area contributed by atoms with Crippen molar-refractivity contribution in [2.24, 2.45) is 0 Å². The second-order valence-corrected chi connectivity index (χ2v) is 22.2. The van der Waals surface area contributed by atoms with Crippen LogP contribution >= 0.6 is 0 Å². The van der Waals surface area contributed by atoms with Gasteiger partial charge in [-0.2, -0.15) is 0 Å². The van der Waals surface area contributed by atoms with Crippen LogP contribution in [0.4, 0.5) is 0 Å². The van der Waals surface area contributed by atoms with Gasteiger partial charge in [-0.1, -0.05) is 119 Å². The van der Waals surface area contributed by atoms with Crippen LogP contribution in [-0.4, -0.2) is 26.8 Å². The molecule has 12 rings (SSSR count). The van der Waals surface area contributed by atoms with Crippen molar-refractivity contribution >= 4 is 73.1 Å². The fourth-order valence-corrected chi connectivity index (χ4v) is 12.8. The Bertz CT molecular complexity index is 3530. The van der Waals surface area contributed by atoms with Crippen molar-refractivity contribution < 1.29 is 9.30 Å². The molecule has 5 heterocycles. The van der Waals surface area contributed by atoms with Crippen molar-refractivity contribution in [3.63, 3.8) is 0 Å². The first kappa shape index (κ1) is 35.7. The Kier molecular flexibility index (Phi) is 7.54. The van der Waals surface area contributed by atoms with Gasteiger partial charge >= 0.3 is 0 Å². The third-order valence-corrected chi connectivity index (χ3v) is 16.4. The number of para-hydroxylation sites is 4. The summed E-state index contributed by atoms with van der Waals surface area (Å²) in [7, 11) is -2.07. The van der Waals surface area contributed by atoms with Gasteiger partial charge in [-0.15, -0.1) is 0 Å². The maximum Gasteiger partial charge on any atom is 0.269 e. The molecule has 0 saturated heterocycles. The zero-order valence-corrected chi connectivity index (χ0v) is 35.8. The highest BCUT2D eigenvalue weighted by molar-refractivity contribution is 7.02. The molecule has 0 amide bonds. The Morgan fingerprint density at radius 3 is 2.03 bits per heavy atom. The van der Waals surface area contributed by atoms with Gasteiger partial charge in [-0.05, 0) is 94.1 Å². The van der Waals surface area contributed by atoms with E-state index in [0.717, 1.165) is 61.7 Å². The van der Waals surface area contributed by atoms with Crippen molar-refractivity contribution in [2.45, 2.75) is 39.3 Å². The number of ether oxygens (including phenoxy) is 1. The van der Waals surface area contributed by atoms with Gasteiger partial charge in [-0.25, -0.2) is 4.98 Å². The van der Waals surface area contributed by atoms with Crippen LogP contribution in [-0.2, 0) is 5.41 Å². The first-order chi connectivity index (χ1) is 29.6. The van der Waals surface area contributed by atoms with Crippen LogP contribution in [0, 0.1) is 6.33 Å². The smallest absolute Gasteiger partial charge is 0.269 e. The normalized spacial score (nSPS) is 13.5. The highest BCUT2D eigenvalue weighted by Gasteiger charge is 2.36. The number of rotatable bonds is 5. The van der Waals surface area contributed by atoms with Crippen molar-refractivity contribution in [3.8, 4) is 34.4 Å². The van der Waals surface area contributed by atoms with Crippen LogP contribution in [0.15, 0.2) is 170 Å². The minimum absolute atomic E-state index is 0.0493. The van der Waals surface area contributed by atoms with Crippen LogP contribution in [0.1, 0.15) is 26.3 Å². The minimum Gasteiger partial charge on any atom is -0.458 e. The summed E-state index contributed by atoms with van der Waals surface area (Å²) < 4.78 is 16.1. The van der Waals surface area contributed by atoms with E-state index < -0.39 is 8.07 Å². The van der Waals surface area contributed by atoms with E-state index in [1.165, 1.54) is 43.3 Å². The third-order valence-electron chi connectivity index (χ3n) is 12.9. The summed E-state index contributed by atoms with van der Waals surface area (Å²) in [5, 5.41) is 7.55. The first-order valence-electron chi connectivity index (χ1n) is 21.1. The van der Waals surface area contributed by atoms with Crippen LogP contribution in [0.2, 0.25) is 13.1 Å². The number of hydrogen-bond donors (Lipinski definition) is 0. The van der Waals surface area contributed by atoms with Crippen LogP contribution in [0.3, 0.4) is 0 Å². The number of benzene rings is 7.